The molecule has 4 heterocycles. The van der Waals surface area contributed by atoms with Crippen LogP contribution < -0.4 is 4.74 Å². The third-order valence-electron chi connectivity index (χ3n) is 6.56. The first-order valence-electron chi connectivity index (χ1n) is 12.2. The monoisotopic (exact) mass is 541 g/mol. The highest BCUT2D eigenvalue weighted by atomic mass is 19.4. The summed E-state index contributed by atoms with van der Waals surface area (Å²) in [5.74, 6) is 0.719. The highest BCUT2D eigenvalue weighted by Gasteiger charge is 2.30. The summed E-state index contributed by atoms with van der Waals surface area (Å²) in [6, 6.07) is 9.49. The summed E-state index contributed by atoms with van der Waals surface area (Å²) in [6.07, 6.45) is -1.88. The van der Waals surface area contributed by atoms with Crippen LogP contribution >= 0.6 is 0 Å². The minimum absolute atomic E-state index is 0.0298. The summed E-state index contributed by atoms with van der Waals surface area (Å²) < 4.78 is 50.9. The molecular weight excluding hydrogens is 515 g/mol. The number of benzene rings is 1. The summed E-state index contributed by atoms with van der Waals surface area (Å²) in [5.41, 5.74) is 1.86. The fourth-order valence-corrected chi connectivity index (χ4v) is 4.15. The van der Waals surface area contributed by atoms with Crippen LogP contribution in [0.2, 0.25) is 0 Å². The topological polar surface area (TPSA) is 102 Å². The summed E-state index contributed by atoms with van der Waals surface area (Å²) in [6.45, 7) is 3.20. The second-order valence-corrected chi connectivity index (χ2v) is 9.28. The molecule has 13 heteroatoms. The third-order valence-corrected chi connectivity index (χ3v) is 6.56. The molecule has 1 saturated heterocycles. The molecule has 1 aliphatic heterocycles. The summed E-state index contributed by atoms with van der Waals surface area (Å²) >= 11 is 0. The SMILES string of the molecule is CN1CCN(C(=O)Cc2ccc(-c3noc(-c4cnn(C)c4COc4ccc(C(F)(F)F)cn4)n3)cc2)CC1. The largest absolute Gasteiger partial charge is 0.471 e. The van der Waals surface area contributed by atoms with E-state index in [-0.39, 0.29) is 24.3 Å². The molecule has 10 nitrogen and oxygen atoms in total. The van der Waals surface area contributed by atoms with Crippen LogP contribution in [0.3, 0.4) is 0 Å². The number of carbonyl (C=O) groups excluding carboxylic acids is 1. The van der Waals surface area contributed by atoms with E-state index in [1.54, 1.807) is 17.9 Å². The van der Waals surface area contributed by atoms with Crippen LogP contribution in [0.25, 0.3) is 22.8 Å². The molecule has 5 rings (SSSR count). The van der Waals surface area contributed by atoms with Crippen LogP contribution in [0, 0.1) is 0 Å². The molecular formula is C26H26F3N7O3. The van der Waals surface area contributed by atoms with Gasteiger partial charge in [0.2, 0.25) is 17.6 Å². The Bertz CT molecular complexity index is 1420. The molecule has 39 heavy (non-hydrogen) atoms. The molecule has 0 bridgehead atoms. The molecule has 1 amide bonds. The second-order valence-electron chi connectivity index (χ2n) is 9.28. The van der Waals surface area contributed by atoms with E-state index in [9.17, 15) is 18.0 Å². The van der Waals surface area contributed by atoms with Gasteiger partial charge in [-0.1, -0.05) is 29.4 Å². The first-order chi connectivity index (χ1) is 18.7. The van der Waals surface area contributed by atoms with Crippen molar-refractivity contribution in [2.75, 3.05) is 33.2 Å². The predicted octanol–water partition coefficient (Wildman–Crippen LogP) is 3.45. The molecule has 0 N–H and O–H groups in total. The number of hydrogen-bond acceptors (Lipinski definition) is 8. The van der Waals surface area contributed by atoms with Crippen molar-refractivity contribution in [1.29, 1.82) is 0 Å². The van der Waals surface area contributed by atoms with Crippen molar-refractivity contribution >= 4 is 5.91 Å². The maximum absolute atomic E-state index is 12.8. The van der Waals surface area contributed by atoms with Crippen LogP contribution in [0.5, 0.6) is 5.88 Å². The molecule has 1 aromatic carbocycles. The maximum atomic E-state index is 12.8. The third kappa shape index (κ3) is 6.08. The number of pyridine rings is 1. The maximum Gasteiger partial charge on any atom is 0.417 e. The van der Waals surface area contributed by atoms with Crippen LogP contribution in [-0.2, 0) is 31.0 Å². The van der Waals surface area contributed by atoms with E-state index in [0.717, 1.165) is 55.6 Å². The number of hydrogen-bond donors (Lipinski definition) is 0. The van der Waals surface area contributed by atoms with Gasteiger partial charge in [0, 0.05) is 51.1 Å². The average Bonchev–Trinajstić information content (AvgIpc) is 3.55. The number of ether oxygens (including phenoxy) is 1. The Labute approximate surface area is 222 Å². The van der Waals surface area contributed by atoms with Gasteiger partial charge in [0.1, 0.15) is 6.61 Å². The Morgan fingerprint density at radius 2 is 1.77 bits per heavy atom. The van der Waals surface area contributed by atoms with E-state index in [1.165, 1.54) is 0 Å². The first-order valence-corrected chi connectivity index (χ1v) is 12.2. The molecule has 1 fully saturated rings. The number of amides is 1. The molecule has 4 aromatic rings. The second kappa shape index (κ2) is 10.8. The van der Waals surface area contributed by atoms with E-state index >= 15 is 0 Å². The Morgan fingerprint density at radius 1 is 1.03 bits per heavy atom. The van der Waals surface area contributed by atoms with Crippen molar-refractivity contribution in [3.05, 3.63) is 65.6 Å². The molecule has 3 aromatic heterocycles. The van der Waals surface area contributed by atoms with Gasteiger partial charge in [0.05, 0.1) is 29.4 Å². The normalized spacial score (nSPS) is 14.5. The first kappa shape index (κ1) is 26.4. The predicted molar refractivity (Wildman–Crippen MR) is 133 cm³/mol. The lowest BCUT2D eigenvalue weighted by Crippen LogP contribution is -2.47. The average molecular weight is 542 g/mol. The zero-order valence-corrected chi connectivity index (χ0v) is 21.4. The molecule has 1 aliphatic rings. The van der Waals surface area contributed by atoms with E-state index in [2.05, 4.69) is 25.1 Å². The number of carbonyl (C=O) groups is 1. The number of halogens is 3. The van der Waals surface area contributed by atoms with E-state index < -0.39 is 11.7 Å². The summed E-state index contributed by atoms with van der Waals surface area (Å²) in [4.78, 5) is 24.9. The van der Waals surface area contributed by atoms with Crippen LogP contribution in [0.1, 0.15) is 16.8 Å². The molecule has 0 radical (unpaired) electrons. The van der Waals surface area contributed by atoms with Crippen molar-refractivity contribution in [3.8, 4) is 28.7 Å². The van der Waals surface area contributed by atoms with Gasteiger partial charge in [-0.2, -0.15) is 23.3 Å². The smallest absolute Gasteiger partial charge is 0.417 e. The minimum atomic E-state index is -4.47. The zero-order chi connectivity index (χ0) is 27.6. The van der Waals surface area contributed by atoms with Crippen molar-refractivity contribution < 1.29 is 27.2 Å². The number of nitrogens with zero attached hydrogens (tertiary/aromatic N) is 7. The number of rotatable bonds is 7. The number of likely N-dealkylation sites (N-methyl/N-ethyl adjacent to an activating group) is 1. The fraction of sp³-hybridized carbons (Fsp3) is 0.346. The Morgan fingerprint density at radius 3 is 2.44 bits per heavy atom. The van der Waals surface area contributed by atoms with Crippen LogP contribution in [0.4, 0.5) is 13.2 Å². The molecule has 0 atom stereocenters. The van der Waals surface area contributed by atoms with E-state index in [1.807, 2.05) is 36.2 Å². The fourth-order valence-electron chi connectivity index (χ4n) is 4.15. The van der Waals surface area contributed by atoms with Gasteiger partial charge < -0.3 is 19.1 Å². The zero-order valence-electron chi connectivity index (χ0n) is 21.4. The molecule has 0 saturated carbocycles. The van der Waals surface area contributed by atoms with E-state index in [0.29, 0.717) is 23.5 Å². The Kier molecular flexibility index (Phi) is 7.33. The lowest BCUT2D eigenvalue weighted by atomic mass is 10.1. The molecule has 0 aliphatic carbocycles. The molecule has 0 unspecified atom stereocenters. The van der Waals surface area contributed by atoms with Crippen molar-refractivity contribution in [1.82, 2.24) is 34.7 Å². The highest BCUT2D eigenvalue weighted by Crippen LogP contribution is 2.30. The van der Waals surface area contributed by atoms with Crippen molar-refractivity contribution in [2.24, 2.45) is 7.05 Å². The van der Waals surface area contributed by atoms with Gasteiger partial charge in [-0.3, -0.25) is 9.48 Å². The molecule has 204 valence electrons. The Hall–Kier alpha value is -4.26. The Balaban J connectivity index is 1.24. The number of alkyl halides is 3. The van der Waals surface area contributed by atoms with Crippen molar-refractivity contribution in [2.45, 2.75) is 19.2 Å². The van der Waals surface area contributed by atoms with Crippen molar-refractivity contribution in [3.63, 3.8) is 0 Å². The minimum Gasteiger partial charge on any atom is -0.471 e. The van der Waals surface area contributed by atoms with Gasteiger partial charge >= 0.3 is 6.18 Å². The summed E-state index contributed by atoms with van der Waals surface area (Å²) in [7, 11) is 3.75. The summed E-state index contributed by atoms with van der Waals surface area (Å²) in [5, 5.41) is 8.29. The van der Waals surface area contributed by atoms with Gasteiger partial charge in [-0.25, -0.2) is 4.98 Å². The van der Waals surface area contributed by atoms with Gasteiger partial charge in [-0.15, -0.1) is 0 Å². The van der Waals surface area contributed by atoms with E-state index in [4.69, 9.17) is 9.26 Å². The van der Waals surface area contributed by atoms with Gasteiger partial charge in [0.25, 0.3) is 5.89 Å². The van der Waals surface area contributed by atoms with Gasteiger partial charge in [0.15, 0.2) is 0 Å². The number of aromatic nitrogens is 5. The highest BCUT2D eigenvalue weighted by molar-refractivity contribution is 5.79. The van der Waals surface area contributed by atoms with Crippen LogP contribution in [0.15, 0.2) is 53.3 Å². The molecule has 0 spiro atoms. The van der Waals surface area contributed by atoms with Gasteiger partial charge in [-0.05, 0) is 18.7 Å². The number of aryl methyl sites for hydroxylation is 1. The quantitative estimate of drug-likeness (QED) is 0.351. The lowest BCUT2D eigenvalue weighted by Gasteiger charge is -2.32. The van der Waals surface area contributed by atoms with Crippen LogP contribution in [-0.4, -0.2) is 73.8 Å². The standard InChI is InChI=1S/C26H26F3N7O3/c1-34-9-11-36(12-10-34)23(37)13-17-3-5-18(6-4-17)24-32-25(39-33-24)20-15-31-35(2)21(20)16-38-22-8-7-19(14-30-22)26(27,28)29/h3-8,14-15H,9-13,16H2,1-2H3. The number of piperazine rings is 1. The lowest BCUT2D eigenvalue weighted by molar-refractivity contribution is -0.138.